The molecular weight excluding hydrogens is 322 g/mol. The number of carbonyl (C=O) groups is 2. The van der Waals surface area contributed by atoms with Crippen LogP contribution in [0.3, 0.4) is 0 Å². The summed E-state index contributed by atoms with van der Waals surface area (Å²) < 4.78 is 0.961. The predicted molar refractivity (Wildman–Crippen MR) is 79.2 cm³/mol. The summed E-state index contributed by atoms with van der Waals surface area (Å²) in [6.07, 6.45) is 1.70. The quantitative estimate of drug-likeness (QED) is 0.885. The second-order valence-corrected chi connectivity index (χ2v) is 6.15. The summed E-state index contributed by atoms with van der Waals surface area (Å²) in [7, 11) is 0. The van der Waals surface area contributed by atoms with E-state index < -0.39 is 5.97 Å². The molecule has 108 valence electrons. The summed E-state index contributed by atoms with van der Waals surface area (Å²) in [5.41, 5.74) is 1.02. The molecule has 2 N–H and O–H groups in total. The third kappa shape index (κ3) is 3.39. The van der Waals surface area contributed by atoms with Gasteiger partial charge in [-0.2, -0.15) is 0 Å². The maximum atomic E-state index is 12.2. The molecule has 3 atom stereocenters. The van der Waals surface area contributed by atoms with Crippen molar-refractivity contribution >= 4 is 27.8 Å². The van der Waals surface area contributed by atoms with Crippen molar-refractivity contribution in [3.63, 3.8) is 0 Å². The lowest BCUT2D eigenvalue weighted by molar-refractivity contribution is -0.141. The van der Waals surface area contributed by atoms with E-state index in [0.29, 0.717) is 19.3 Å². The highest BCUT2D eigenvalue weighted by Crippen LogP contribution is 2.32. The van der Waals surface area contributed by atoms with Gasteiger partial charge in [0.1, 0.15) is 0 Å². The summed E-state index contributed by atoms with van der Waals surface area (Å²) >= 11 is 3.47. The van der Waals surface area contributed by atoms with Crippen molar-refractivity contribution in [1.82, 2.24) is 5.32 Å². The number of hydrogen-bond donors (Lipinski definition) is 2. The Labute approximate surface area is 126 Å². The average molecular weight is 340 g/mol. The van der Waals surface area contributed by atoms with Crippen LogP contribution in [0.1, 0.15) is 37.8 Å². The minimum Gasteiger partial charge on any atom is -0.481 e. The van der Waals surface area contributed by atoms with Gasteiger partial charge in [0.25, 0.3) is 0 Å². The first kappa shape index (κ1) is 15.0. The van der Waals surface area contributed by atoms with Crippen LogP contribution in [-0.2, 0) is 9.59 Å². The second kappa shape index (κ2) is 6.39. The number of halogens is 1. The number of carbonyl (C=O) groups excluding carboxylic acids is 1. The molecule has 0 heterocycles. The molecule has 2 rings (SSSR count). The fraction of sp³-hybridized carbons (Fsp3) is 0.467. The fourth-order valence-corrected chi connectivity index (χ4v) is 3.31. The Hall–Kier alpha value is -1.36. The van der Waals surface area contributed by atoms with Crippen molar-refractivity contribution < 1.29 is 14.7 Å². The largest absolute Gasteiger partial charge is 0.481 e. The Kier molecular flexibility index (Phi) is 4.81. The topological polar surface area (TPSA) is 66.4 Å². The molecular formula is C15H18BrNO3. The normalized spacial score (nSPS) is 23.3. The van der Waals surface area contributed by atoms with Crippen LogP contribution in [0.5, 0.6) is 0 Å². The van der Waals surface area contributed by atoms with E-state index in [2.05, 4.69) is 21.2 Å². The van der Waals surface area contributed by atoms with Gasteiger partial charge in [-0.15, -0.1) is 0 Å². The molecule has 4 nitrogen and oxygen atoms in total. The number of nitrogens with one attached hydrogen (secondary N) is 1. The highest BCUT2D eigenvalue weighted by Gasteiger charge is 2.34. The first-order valence-electron chi connectivity index (χ1n) is 6.76. The molecule has 0 saturated heterocycles. The van der Waals surface area contributed by atoms with E-state index in [1.54, 1.807) is 0 Å². The number of benzene rings is 1. The van der Waals surface area contributed by atoms with E-state index in [1.807, 2.05) is 31.2 Å². The molecule has 1 saturated carbocycles. The van der Waals surface area contributed by atoms with Crippen molar-refractivity contribution in [2.45, 2.75) is 32.2 Å². The van der Waals surface area contributed by atoms with Gasteiger partial charge >= 0.3 is 5.97 Å². The molecule has 1 fully saturated rings. The van der Waals surface area contributed by atoms with Gasteiger partial charge in [0.05, 0.1) is 12.0 Å². The molecule has 0 spiro atoms. The summed E-state index contributed by atoms with van der Waals surface area (Å²) in [6, 6.07) is 7.66. The van der Waals surface area contributed by atoms with Crippen LogP contribution < -0.4 is 5.32 Å². The van der Waals surface area contributed by atoms with Crippen LogP contribution in [0.2, 0.25) is 0 Å². The number of carboxylic acid groups (broad SMARTS) is 1. The zero-order chi connectivity index (χ0) is 14.7. The maximum Gasteiger partial charge on any atom is 0.306 e. The van der Waals surface area contributed by atoms with E-state index in [0.717, 1.165) is 10.0 Å². The standard InChI is InChI=1S/C15H18BrNO3/c1-9(12-4-2-3-5-13(12)16)17-14(18)10-6-7-11(8-10)15(19)20/h2-5,9-11H,6-8H2,1H3,(H,17,18)(H,19,20)/t9-,10+,11-/m0/s1. The molecule has 1 aromatic carbocycles. The Morgan fingerprint density at radius 2 is 1.95 bits per heavy atom. The number of aliphatic carboxylic acids is 1. The van der Waals surface area contributed by atoms with Gasteiger partial charge in [0.2, 0.25) is 5.91 Å². The van der Waals surface area contributed by atoms with Gasteiger partial charge in [0, 0.05) is 10.4 Å². The second-order valence-electron chi connectivity index (χ2n) is 5.30. The first-order chi connectivity index (χ1) is 9.49. The van der Waals surface area contributed by atoms with E-state index in [9.17, 15) is 9.59 Å². The number of carboxylic acids is 1. The number of amides is 1. The average Bonchev–Trinajstić information content (AvgIpc) is 2.88. The fourth-order valence-electron chi connectivity index (χ4n) is 2.68. The van der Waals surface area contributed by atoms with Crippen LogP contribution in [0.25, 0.3) is 0 Å². The van der Waals surface area contributed by atoms with Gasteiger partial charge in [-0.25, -0.2) is 0 Å². The molecule has 1 aliphatic rings. The van der Waals surface area contributed by atoms with Crippen molar-refractivity contribution in [3.8, 4) is 0 Å². The lowest BCUT2D eigenvalue weighted by atomic mass is 10.0. The first-order valence-corrected chi connectivity index (χ1v) is 7.56. The highest BCUT2D eigenvalue weighted by atomic mass is 79.9. The van der Waals surface area contributed by atoms with Crippen molar-refractivity contribution in [2.75, 3.05) is 0 Å². The third-order valence-electron chi connectivity index (χ3n) is 3.88. The molecule has 20 heavy (non-hydrogen) atoms. The molecule has 0 aliphatic heterocycles. The van der Waals surface area contributed by atoms with Crippen molar-refractivity contribution in [3.05, 3.63) is 34.3 Å². The summed E-state index contributed by atoms with van der Waals surface area (Å²) in [5, 5.41) is 11.9. The van der Waals surface area contributed by atoms with Crippen LogP contribution >= 0.6 is 15.9 Å². The molecule has 1 aliphatic carbocycles. The molecule has 1 amide bonds. The van der Waals surface area contributed by atoms with Crippen LogP contribution in [0.4, 0.5) is 0 Å². The molecule has 1 aromatic rings. The predicted octanol–water partition coefficient (Wildman–Crippen LogP) is 3.13. The third-order valence-corrected chi connectivity index (χ3v) is 4.61. The summed E-state index contributed by atoms with van der Waals surface area (Å²) in [6.45, 7) is 1.93. The van der Waals surface area contributed by atoms with E-state index >= 15 is 0 Å². The summed E-state index contributed by atoms with van der Waals surface area (Å²) in [4.78, 5) is 23.1. The Morgan fingerprint density at radius 1 is 1.30 bits per heavy atom. The van der Waals surface area contributed by atoms with Gasteiger partial charge in [-0.05, 0) is 37.8 Å². The van der Waals surface area contributed by atoms with Gasteiger partial charge in [0.15, 0.2) is 0 Å². The van der Waals surface area contributed by atoms with Crippen LogP contribution in [-0.4, -0.2) is 17.0 Å². The smallest absolute Gasteiger partial charge is 0.306 e. The minimum absolute atomic E-state index is 0.0444. The highest BCUT2D eigenvalue weighted by molar-refractivity contribution is 9.10. The van der Waals surface area contributed by atoms with Crippen molar-refractivity contribution in [2.24, 2.45) is 11.8 Å². The lowest BCUT2D eigenvalue weighted by Gasteiger charge is -2.18. The molecule has 0 unspecified atom stereocenters. The molecule has 5 heteroatoms. The maximum absolute atomic E-state index is 12.2. The van der Waals surface area contributed by atoms with Gasteiger partial charge in [-0.1, -0.05) is 34.1 Å². The monoisotopic (exact) mass is 339 g/mol. The minimum atomic E-state index is -0.792. The molecule has 0 aromatic heterocycles. The number of rotatable bonds is 4. The van der Waals surface area contributed by atoms with E-state index in [4.69, 9.17) is 5.11 Å². The number of hydrogen-bond acceptors (Lipinski definition) is 2. The van der Waals surface area contributed by atoms with Gasteiger partial charge < -0.3 is 10.4 Å². The molecule has 0 bridgehead atoms. The summed E-state index contributed by atoms with van der Waals surface area (Å²) in [5.74, 6) is -1.39. The van der Waals surface area contributed by atoms with E-state index in [-0.39, 0.29) is 23.8 Å². The Balaban J connectivity index is 1.95. The molecule has 0 radical (unpaired) electrons. The Bertz CT molecular complexity index is 518. The van der Waals surface area contributed by atoms with Crippen LogP contribution in [0, 0.1) is 11.8 Å². The Morgan fingerprint density at radius 3 is 2.55 bits per heavy atom. The zero-order valence-corrected chi connectivity index (χ0v) is 12.9. The SMILES string of the molecule is C[C@H](NC(=O)[C@@H]1CC[C@H](C(=O)O)C1)c1ccccc1Br. The van der Waals surface area contributed by atoms with Gasteiger partial charge in [-0.3, -0.25) is 9.59 Å². The van der Waals surface area contributed by atoms with E-state index in [1.165, 1.54) is 0 Å². The lowest BCUT2D eigenvalue weighted by Crippen LogP contribution is -2.32. The van der Waals surface area contributed by atoms with Crippen LogP contribution in [0.15, 0.2) is 28.7 Å². The zero-order valence-electron chi connectivity index (χ0n) is 11.3. The van der Waals surface area contributed by atoms with Crippen molar-refractivity contribution in [1.29, 1.82) is 0 Å².